The van der Waals surface area contributed by atoms with Crippen LogP contribution in [0.3, 0.4) is 0 Å². The molecular formula is C38H20N2OS. The van der Waals surface area contributed by atoms with Crippen molar-refractivity contribution in [3.8, 4) is 45.5 Å². The molecule has 8 rings (SSSR count). The van der Waals surface area contributed by atoms with Crippen LogP contribution in [0.1, 0.15) is 11.1 Å². The molecule has 0 saturated carbocycles. The van der Waals surface area contributed by atoms with Crippen LogP contribution in [-0.4, -0.2) is 0 Å². The van der Waals surface area contributed by atoms with Gasteiger partial charge >= 0.3 is 0 Å². The molecule has 0 aliphatic rings. The van der Waals surface area contributed by atoms with Crippen LogP contribution < -0.4 is 0 Å². The van der Waals surface area contributed by atoms with Crippen LogP contribution in [-0.2, 0) is 0 Å². The van der Waals surface area contributed by atoms with Crippen molar-refractivity contribution >= 4 is 53.4 Å². The second kappa shape index (κ2) is 9.46. The molecule has 0 aliphatic heterocycles. The molecule has 0 N–H and O–H groups in total. The van der Waals surface area contributed by atoms with Gasteiger partial charge in [0.05, 0.1) is 11.1 Å². The predicted molar refractivity (Wildman–Crippen MR) is 172 cm³/mol. The van der Waals surface area contributed by atoms with Gasteiger partial charge in [0, 0.05) is 47.6 Å². The first-order valence-electron chi connectivity index (χ1n) is 13.6. The molecule has 0 radical (unpaired) electrons. The van der Waals surface area contributed by atoms with Crippen molar-refractivity contribution in [2.24, 2.45) is 0 Å². The molecule has 2 heterocycles. The number of hydrogen-bond donors (Lipinski definition) is 0. The number of nitrogens with zero attached hydrogens (tertiary/aromatic N) is 2. The van der Waals surface area contributed by atoms with E-state index in [0.717, 1.165) is 55.1 Å². The van der Waals surface area contributed by atoms with E-state index in [1.54, 1.807) is 11.3 Å². The number of para-hydroxylation sites is 1. The lowest BCUT2D eigenvalue weighted by Crippen LogP contribution is -1.98. The summed E-state index contributed by atoms with van der Waals surface area (Å²) in [7, 11) is 0. The van der Waals surface area contributed by atoms with E-state index in [4.69, 9.17) is 4.42 Å². The molecular weight excluding hydrogens is 532 g/mol. The number of furan rings is 1. The smallest absolute Gasteiger partial charge is 0.136 e. The fourth-order valence-corrected chi connectivity index (χ4v) is 7.14. The minimum Gasteiger partial charge on any atom is -0.456 e. The second-order valence-corrected chi connectivity index (χ2v) is 11.4. The Hall–Kier alpha value is -5.68. The number of benzene rings is 6. The van der Waals surface area contributed by atoms with E-state index in [2.05, 4.69) is 66.7 Å². The number of rotatable bonds is 3. The van der Waals surface area contributed by atoms with Crippen molar-refractivity contribution in [3.63, 3.8) is 0 Å². The molecule has 0 atom stereocenters. The molecule has 8 aromatic rings. The highest BCUT2D eigenvalue weighted by molar-refractivity contribution is 7.25. The number of nitriles is 2. The van der Waals surface area contributed by atoms with Gasteiger partial charge in [0.15, 0.2) is 0 Å². The van der Waals surface area contributed by atoms with E-state index < -0.39 is 0 Å². The average Bonchev–Trinajstić information content (AvgIpc) is 3.61. The molecule has 3 nitrogen and oxygen atoms in total. The summed E-state index contributed by atoms with van der Waals surface area (Å²) in [6.07, 6.45) is 0. The zero-order valence-corrected chi connectivity index (χ0v) is 23.1. The minimum absolute atomic E-state index is 0.471. The Morgan fingerprint density at radius 2 is 1.10 bits per heavy atom. The van der Waals surface area contributed by atoms with Crippen LogP contribution in [0, 0.1) is 22.7 Å². The van der Waals surface area contributed by atoms with Crippen molar-refractivity contribution in [3.05, 3.63) is 132 Å². The van der Waals surface area contributed by atoms with E-state index in [1.165, 1.54) is 14.8 Å². The van der Waals surface area contributed by atoms with Gasteiger partial charge in [-0.15, -0.1) is 11.3 Å². The SMILES string of the molecule is N#Cc1c(-c2ccc3c(c2)oc2ccccc23)cc(-c2ccc3sc4ccccc4c3c2)c(C#N)c1-c1ccccc1. The maximum atomic E-state index is 10.6. The summed E-state index contributed by atoms with van der Waals surface area (Å²) in [6, 6.07) is 45.6. The molecule has 0 aliphatic carbocycles. The average molecular weight is 553 g/mol. The monoisotopic (exact) mass is 552 g/mol. The van der Waals surface area contributed by atoms with E-state index in [0.29, 0.717) is 16.7 Å². The normalized spacial score (nSPS) is 11.3. The van der Waals surface area contributed by atoms with Crippen LogP contribution in [0.5, 0.6) is 0 Å². The van der Waals surface area contributed by atoms with Crippen molar-refractivity contribution in [1.82, 2.24) is 0 Å². The van der Waals surface area contributed by atoms with Gasteiger partial charge in [0.2, 0.25) is 0 Å². The highest BCUT2D eigenvalue weighted by Gasteiger charge is 2.22. The first-order valence-corrected chi connectivity index (χ1v) is 14.4. The maximum absolute atomic E-state index is 10.6. The summed E-state index contributed by atoms with van der Waals surface area (Å²) < 4.78 is 8.64. The Morgan fingerprint density at radius 3 is 1.88 bits per heavy atom. The molecule has 42 heavy (non-hydrogen) atoms. The topological polar surface area (TPSA) is 60.7 Å². The number of hydrogen-bond acceptors (Lipinski definition) is 4. The molecule has 0 fully saturated rings. The van der Waals surface area contributed by atoms with Gasteiger partial charge in [-0.05, 0) is 59.2 Å². The van der Waals surface area contributed by atoms with E-state index in [9.17, 15) is 10.5 Å². The first kappa shape index (κ1) is 24.1. The molecule has 0 unspecified atom stereocenters. The van der Waals surface area contributed by atoms with Gasteiger partial charge in [-0.25, -0.2) is 0 Å². The van der Waals surface area contributed by atoms with Crippen LogP contribution in [0.2, 0.25) is 0 Å². The quantitative estimate of drug-likeness (QED) is 0.219. The summed E-state index contributed by atoms with van der Waals surface area (Å²) in [4.78, 5) is 0. The lowest BCUT2D eigenvalue weighted by Gasteiger charge is -2.17. The molecule has 0 saturated heterocycles. The summed E-state index contributed by atoms with van der Waals surface area (Å²) in [6.45, 7) is 0. The van der Waals surface area contributed by atoms with Crippen molar-refractivity contribution in [2.75, 3.05) is 0 Å². The van der Waals surface area contributed by atoms with Gasteiger partial charge in [-0.2, -0.15) is 10.5 Å². The summed E-state index contributed by atoms with van der Waals surface area (Å²) in [5, 5.41) is 25.6. The van der Waals surface area contributed by atoms with Crippen LogP contribution >= 0.6 is 11.3 Å². The highest BCUT2D eigenvalue weighted by atomic mass is 32.1. The third-order valence-corrected chi connectivity index (χ3v) is 9.14. The Kier molecular flexibility index (Phi) is 5.44. The Balaban J connectivity index is 1.45. The van der Waals surface area contributed by atoms with Crippen LogP contribution in [0.4, 0.5) is 0 Å². The predicted octanol–water partition coefficient (Wildman–Crippen LogP) is 10.7. The third kappa shape index (κ3) is 3.64. The largest absolute Gasteiger partial charge is 0.456 e. The van der Waals surface area contributed by atoms with Gasteiger partial charge in [-0.1, -0.05) is 78.9 Å². The Morgan fingerprint density at radius 1 is 0.476 bits per heavy atom. The van der Waals surface area contributed by atoms with E-state index in [-0.39, 0.29) is 0 Å². The van der Waals surface area contributed by atoms with Crippen molar-refractivity contribution in [2.45, 2.75) is 0 Å². The lowest BCUT2D eigenvalue weighted by atomic mass is 9.84. The molecule has 4 heteroatoms. The molecule has 0 amide bonds. The first-order chi connectivity index (χ1) is 20.7. The maximum Gasteiger partial charge on any atom is 0.136 e. The van der Waals surface area contributed by atoms with Crippen molar-refractivity contribution < 1.29 is 4.42 Å². The zero-order chi connectivity index (χ0) is 28.2. The van der Waals surface area contributed by atoms with E-state index >= 15 is 0 Å². The lowest BCUT2D eigenvalue weighted by molar-refractivity contribution is 0.669. The van der Waals surface area contributed by atoms with Gasteiger partial charge in [0.1, 0.15) is 23.3 Å². The zero-order valence-electron chi connectivity index (χ0n) is 22.3. The van der Waals surface area contributed by atoms with Gasteiger partial charge in [0.25, 0.3) is 0 Å². The Bertz CT molecular complexity index is 2430. The number of fused-ring (bicyclic) bond motifs is 6. The van der Waals surface area contributed by atoms with Gasteiger partial charge < -0.3 is 4.42 Å². The van der Waals surface area contributed by atoms with Crippen LogP contribution in [0.15, 0.2) is 126 Å². The molecule has 2 aromatic heterocycles. The molecule has 0 bridgehead atoms. The highest BCUT2D eigenvalue weighted by Crippen LogP contribution is 2.43. The van der Waals surface area contributed by atoms with Crippen molar-refractivity contribution in [1.29, 1.82) is 10.5 Å². The van der Waals surface area contributed by atoms with Gasteiger partial charge in [-0.3, -0.25) is 0 Å². The van der Waals surface area contributed by atoms with E-state index in [1.807, 2.05) is 66.7 Å². The molecule has 6 aromatic carbocycles. The molecule has 0 spiro atoms. The minimum atomic E-state index is 0.471. The summed E-state index contributed by atoms with van der Waals surface area (Å²) >= 11 is 1.77. The second-order valence-electron chi connectivity index (χ2n) is 10.3. The summed E-state index contributed by atoms with van der Waals surface area (Å²) in [5.74, 6) is 0. The Labute approximate surface area is 245 Å². The summed E-state index contributed by atoms with van der Waals surface area (Å²) in [5.41, 5.74) is 7.40. The number of thiophene rings is 1. The standard InChI is InChI=1S/C38H20N2OS/c39-21-32-29(24-15-17-37-31(18-24)28-11-5-7-13-36(28)42-37)20-30(33(22-40)38(32)23-8-2-1-3-9-23)25-14-16-27-26-10-4-6-12-34(26)41-35(27)19-25/h1-20H. The van der Waals surface area contributed by atoms with Crippen LogP contribution in [0.25, 0.3) is 75.5 Å². The fraction of sp³-hybridized carbons (Fsp3) is 0. The third-order valence-electron chi connectivity index (χ3n) is 7.99. The fourth-order valence-electron chi connectivity index (χ4n) is 6.05. The molecule has 194 valence electrons.